The highest BCUT2D eigenvalue weighted by Gasteiger charge is 2.21. The lowest BCUT2D eigenvalue weighted by Crippen LogP contribution is -2.48. The van der Waals surface area contributed by atoms with Crippen LogP contribution >= 0.6 is 0 Å². The molecule has 17 heavy (non-hydrogen) atoms. The van der Waals surface area contributed by atoms with Crippen molar-refractivity contribution in [3.63, 3.8) is 0 Å². The van der Waals surface area contributed by atoms with Gasteiger partial charge in [-0.25, -0.2) is 0 Å². The van der Waals surface area contributed by atoms with Gasteiger partial charge in [-0.15, -0.1) is 0 Å². The molecular weight excluding hydrogens is 212 g/mol. The molecule has 1 amide bonds. The summed E-state index contributed by atoms with van der Waals surface area (Å²) >= 11 is 0. The Bertz CT molecular complexity index is 224. The average Bonchev–Trinajstić information content (AvgIpc) is 2.81. The average molecular weight is 240 g/mol. The van der Waals surface area contributed by atoms with Crippen LogP contribution in [0.5, 0.6) is 0 Å². The predicted molar refractivity (Wildman–Crippen MR) is 72.0 cm³/mol. The Kier molecular flexibility index (Phi) is 6.56. The summed E-state index contributed by atoms with van der Waals surface area (Å²) < 4.78 is 0. The van der Waals surface area contributed by atoms with Gasteiger partial charge in [0.15, 0.2) is 0 Å². The summed E-state index contributed by atoms with van der Waals surface area (Å²) in [5, 5.41) is 6.58. The van der Waals surface area contributed by atoms with Crippen LogP contribution in [0.3, 0.4) is 0 Å². The molecule has 3 nitrogen and oxygen atoms in total. The van der Waals surface area contributed by atoms with E-state index in [9.17, 15) is 4.79 Å². The van der Waals surface area contributed by atoms with E-state index in [2.05, 4.69) is 24.5 Å². The molecule has 0 spiro atoms. The van der Waals surface area contributed by atoms with Gasteiger partial charge < -0.3 is 10.6 Å². The second kappa shape index (κ2) is 7.70. The predicted octanol–water partition coefficient (Wildman–Crippen LogP) is 2.60. The lowest BCUT2D eigenvalue weighted by molar-refractivity contribution is -0.123. The first kappa shape index (κ1) is 14.5. The van der Waals surface area contributed by atoms with Gasteiger partial charge in [0.2, 0.25) is 5.91 Å². The number of hydrogen-bond acceptors (Lipinski definition) is 2. The first-order valence-corrected chi connectivity index (χ1v) is 7.23. The minimum absolute atomic E-state index is 0.0629. The SMILES string of the molecule is CCCC(CC)NC(C)C(=O)NC1CCCC1. The molecule has 1 fully saturated rings. The van der Waals surface area contributed by atoms with E-state index in [0.29, 0.717) is 12.1 Å². The summed E-state index contributed by atoms with van der Waals surface area (Å²) in [6.07, 6.45) is 8.25. The Morgan fingerprint density at radius 1 is 1.29 bits per heavy atom. The lowest BCUT2D eigenvalue weighted by Gasteiger charge is -2.23. The van der Waals surface area contributed by atoms with Gasteiger partial charge in [0.25, 0.3) is 0 Å². The van der Waals surface area contributed by atoms with Gasteiger partial charge in [-0.3, -0.25) is 4.79 Å². The van der Waals surface area contributed by atoms with E-state index in [1.54, 1.807) is 0 Å². The van der Waals surface area contributed by atoms with Crippen molar-refractivity contribution in [1.29, 1.82) is 0 Å². The van der Waals surface area contributed by atoms with Crippen molar-refractivity contribution >= 4 is 5.91 Å². The van der Waals surface area contributed by atoms with Crippen LogP contribution < -0.4 is 10.6 Å². The Morgan fingerprint density at radius 2 is 1.94 bits per heavy atom. The molecule has 0 saturated heterocycles. The minimum atomic E-state index is -0.0629. The number of carbonyl (C=O) groups is 1. The molecule has 2 N–H and O–H groups in total. The topological polar surface area (TPSA) is 41.1 Å². The number of hydrogen-bond donors (Lipinski definition) is 2. The molecule has 2 unspecified atom stereocenters. The summed E-state index contributed by atoms with van der Waals surface area (Å²) in [6.45, 7) is 6.34. The molecule has 1 aliphatic rings. The second-order valence-corrected chi connectivity index (χ2v) is 5.27. The van der Waals surface area contributed by atoms with Gasteiger partial charge in [0.05, 0.1) is 6.04 Å². The third-order valence-corrected chi connectivity index (χ3v) is 3.71. The smallest absolute Gasteiger partial charge is 0.237 e. The maximum Gasteiger partial charge on any atom is 0.237 e. The summed E-state index contributed by atoms with van der Waals surface area (Å²) in [5.74, 6) is 0.173. The highest BCUT2D eigenvalue weighted by Crippen LogP contribution is 2.17. The fourth-order valence-corrected chi connectivity index (χ4v) is 2.58. The van der Waals surface area contributed by atoms with Crippen molar-refractivity contribution in [3.05, 3.63) is 0 Å². The zero-order chi connectivity index (χ0) is 12.7. The molecule has 1 rings (SSSR count). The molecule has 0 heterocycles. The van der Waals surface area contributed by atoms with Gasteiger partial charge in [0.1, 0.15) is 0 Å². The summed E-state index contributed by atoms with van der Waals surface area (Å²) in [7, 11) is 0. The highest BCUT2D eigenvalue weighted by molar-refractivity contribution is 5.81. The first-order chi connectivity index (χ1) is 8.17. The monoisotopic (exact) mass is 240 g/mol. The molecule has 100 valence electrons. The zero-order valence-corrected chi connectivity index (χ0v) is 11.6. The normalized spacial score (nSPS) is 20.2. The van der Waals surface area contributed by atoms with Crippen LogP contribution in [0.2, 0.25) is 0 Å². The van der Waals surface area contributed by atoms with Crippen molar-refractivity contribution in [2.45, 2.75) is 83.8 Å². The van der Waals surface area contributed by atoms with E-state index in [1.165, 1.54) is 19.3 Å². The highest BCUT2D eigenvalue weighted by atomic mass is 16.2. The van der Waals surface area contributed by atoms with Gasteiger partial charge in [-0.05, 0) is 32.6 Å². The van der Waals surface area contributed by atoms with Crippen LogP contribution in [-0.2, 0) is 4.79 Å². The number of carbonyl (C=O) groups excluding carboxylic acids is 1. The fourth-order valence-electron chi connectivity index (χ4n) is 2.58. The summed E-state index contributed by atoms with van der Waals surface area (Å²) in [4.78, 5) is 12.0. The molecule has 0 aromatic carbocycles. The Hall–Kier alpha value is -0.570. The summed E-state index contributed by atoms with van der Waals surface area (Å²) in [5.41, 5.74) is 0. The molecule has 0 bridgehead atoms. The molecule has 3 heteroatoms. The van der Waals surface area contributed by atoms with E-state index in [0.717, 1.165) is 25.7 Å². The van der Waals surface area contributed by atoms with Crippen molar-refractivity contribution in [2.24, 2.45) is 0 Å². The van der Waals surface area contributed by atoms with Crippen LogP contribution in [0.25, 0.3) is 0 Å². The summed E-state index contributed by atoms with van der Waals surface area (Å²) in [6, 6.07) is 0.842. The third-order valence-electron chi connectivity index (χ3n) is 3.71. The third kappa shape index (κ3) is 5.07. The van der Waals surface area contributed by atoms with E-state index >= 15 is 0 Å². The quantitative estimate of drug-likeness (QED) is 0.718. The van der Waals surface area contributed by atoms with Gasteiger partial charge in [-0.1, -0.05) is 33.1 Å². The maximum atomic E-state index is 12.0. The molecule has 0 aromatic rings. The largest absolute Gasteiger partial charge is 0.352 e. The number of amides is 1. The van der Waals surface area contributed by atoms with E-state index in [1.807, 2.05) is 6.92 Å². The van der Waals surface area contributed by atoms with Crippen LogP contribution in [0.4, 0.5) is 0 Å². The zero-order valence-electron chi connectivity index (χ0n) is 11.6. The Labute approximate surface area is 106 Å². The van der Waals surface area contributed by atoms with Crippen LogP contribution in [0, 0.1) is 0 Å². The van der Waals surface area contributed by atoms with E-state index in [4.69, 9.17) is 0 Å². The fraction of sp³-hybridized carbons (Fsp3) is 0.929. The minimum Gasteiger partial charge on any atom is -0.352 e. The molecule has 0 radical (unpaired) electrons. The maximum absolute atomic E-state index is 12.0. The Morgan fingerprint density at radius 3 is 2.47 bits per heavy atom. The molecule has 1 aliphatic carbocycles. The van der Waals surface area contributed by atoms with Crippen molar-refractivity contribution in [1.82, 2.24) is 10.6 Å². The second-order valence-electron chi connectivity index (χ2n) is 5.27. The molecule has 1 saturated carbocycles. The first-order valence-electron chi connectivity index (χ1n) is 7.23. The Balaban J connectivity index is 2.29. The lowest BCUT2D eigenvalue weighted by atomic mass is 10.1. The molecule has 2 atom stereocenters. The van der Waals surface area contributed by atoms with E-state index in [-0.39, 0.29) is 11.9 Å². The van der Waals surface area contributed by atoms with Crippen molar-refractivity contribution in [3.8, 4) is 0 Å². The van der Waals surface area contributed by atoms with Crippen LogP contribution in [0.1, 0.15) is 65.7 Å². The van der Waals surface area contributed by atoms with Crippen molar-refractivity contribution in [2.75, 3.05) is 0 Å². The van der Waals surface area contributed by atoms with Gasteiger partial charge >= 0.3 is 0 Å². The van der Waals surface area contributed by atoms with Crippen LogP contribution in [-0.4, -0.2) is 24.0 Å². The van der Waals surface area contributed by atoms with Gasteiger partial charge in [-0.2, -0.15) is 0 Å². The standard InChI is InChI=1S/C14H28N2O/c1-4-8-12(5-2)15-11(3)14(17)16-13-9-6-7-10-13/h11-13,15H,4-10H2,1-3H3,(H,16,17). The number of nitrogens with one attached hydrogen (secondary N) is 2. The van der Waals surface area contributed by atoms with Crippen molar-refractivity contribution < 1.29 is 4.79 Å². The number of rotatable bonds is 7. The molecular formula is C14H28N2O. The molecule has 0 aliphatic heterocycles. The van der Waals surface area contributed by atoms with Gasteiger partial charge in [0, 0.05) is 12.1 Å². The molecule has 0 aromatic heterocycles. The van der Waals surface area contributed by atoms with E-state index < -0.39 is 0 Å². The van der Waals surface area contributed by atoms with Crippen LogP contribution in [0.15, 0.2) is 0 Å².